The van der Waals surface area contributed by atoms with E-state index >= 15 is 0 Å². The Bertz CT molecular complexity index is 575. The maximum atomic E-state index is 13.2. The summed E-state index contributed by atoms with van der Waals surface area (Å²) in [6, 6.07) is 4.78. The standard InChI is InChI=1S/C14H16BrFN2O/c1-14(2,3)17-7-10-8-18-19-13(10)9-4-5-12(16)11(15)6-9/h4-6,8,17H,7H2,1-3H3. The summed E-state index contributed by atoms with van der Waals surface area (Å²) >= 11 is 3.17. The quantitative estimate of drug-likeness (QED) is 0.921. The molecule has 0 saturated heterocycles. The normalized spacial score (nSPS) is 11.8. The van der Waals surface area contributed by atoms with E-state index in [1.807, 2.05) is 0 Å². The maximum absolute atomic E-state index is 13.2. The lowest BCUT2D eigenvalue weighted by Crippen LogP contribution is -2.35. The van der Waals surface area contributed by atoms with E-state index in [4.69, 9.17) is 4.52 Å². The second kappa shape index (κ2) is 5.43. The molecule has 0 saturated carbocycles. The van der Waals surface area contributed by atoms with Crippen LogP contribution < -0.4 is 5.32 Å². The molecule has 3 nitrogen and oxygen atoms in total. The Kier molecular flexibility index (Phi) is 4.06. The Hall–Kier alpha value is -1.20. The first-order valence-corrected chi connectivity index (χ1v) is 6.80. The topological polar surface area (TPSA) is 38.1 Å². The number of nitrogens with one attached hydrogen (secondary N) is 1. The molecule has 0 aliphatic rings. The fourth-order valence-electron chi connectivity index (χ4n) is 1.62. The summed E-state index contributed by atoms with van der Waals surface area (Å²) in [5.74, 6) is 0.370. The average molecular weight is 327 g/mol. The molecule has 5 heteroatoms. The molecule has 1 N–H and O–H groups in total. The van der Waals surface area contributed by atoms with Gasteiger partial charge in [0.05, 0.1) is 10.7 Å². The lowest BCUT2D eigenvalue weighted by atomic mass is 10.1. The van der Waals surface area contributed by atoms with Crippen molar-refractivity contribution in [2.24, 2.45) is 0 Å². The second-order valence-electron chi connectivity index (χ2n) is 5.41. The number of nitrogens with zero attached hydrogens (tertiary/aromatic N) is 1. The van der Waals surface area contributed by atoms with Gasteiger partial charge in [0.25, 0.3) is 0 Å². The van der Waals surface area contributed by atoms with Crippen LogP contribution in [0.5, 0.6) is 0 Å². The summed E-state index contributed by atoms with van der Waals surface area (Å²) in [6.45, 7) is 6.93. The molecule has 1 heterocycles. The predicted octanol–water partition coefficient (Wildman–Crippen LogP) is 4.13. The van der Waals surface area contributed by atoms with Crippen molar-refractivity contribution in [2.45, 2.75) is 32.9 Å². The number of hydrogen-bond acceptors (Lipinski definition) is 3. The summed E-state index contributed by atoms with van der Waals surface area (Å²) in [5.41, 5.74) is 1.77. The molecule has 0 fully saturated rings. The van der Waals surface area contributed by atoms with E-state index in [1.165, 1.54) is 6.07 Å². The molecule has 0 unspecified atom stereocenters. The van der Waals surface area contributed by atoms with E-state index in [2.05, 4.69) is 47.2 Å². The lowest BCUT2D eigenvalue weighted by Gasteiger charge is -2.20. The Balaban J connectivity index is 2.26. The first kappa shape index (κ1) is 14.2. The zero-order valence-electron chi connectivity index (χ0n) is 11.1. The van der Waals surface area contributed by atoms with Crippen molar-refractivity contribution in [1.82, 2.24) is 10.5 Å². The van der Waals surface area contributed by atoms with Crippen molar-refractivity contribution >= 4 is 15.9 Å². The highest BCUT2D eigenvalue weighted by Gasteiger charge is 2.15. The zero-order valence-corrected chi connectivity index (χ0v) is 12.7. The van der Waals surface area contributed by atoms with Crippen molar-refractivity contribution in [3.8, 4) is 11.3 Å². The van der Waals surface area contributed by atoms with Gasteiger partial charge in [-0.3, -0.25) is 0 Å². The predicted molar refractivity (Wildman–Crippen MR) is 76.2 cm³/mol. The molecule has 102 valence electrons. The van der Waals surface area contributed by atoms with Crippen LogP contribution in [0.2, 0.25) is 0 Å². The smallest absolute Gasteiger partial charge is 0.171 e. The first-order chi connectivity index (χ1) is 8.87. The Morgan fingerprint density at radius 3 is 2.74 bits per heavy atom. The minimum Gasteiger partial charge on any atom is -0.356 e. The minimum atomic E-state index is -0.294. The third-order valence-corrected chi connectivity index (χ3v) is 3.24. The van der Waals surface area contributed by atoms with Crippen LogP contribution >= 0.6 is 15.9 Å². The largest absolute Gasteiger partial charge is 0.356 e. The molecule has 1 aromatic carbocycles. The van der Waals surface area contributed by atoms with Gasteiger partial charge in [0.1, 0.15) is 5.82 Å². The van der Waals surface area contributed by atoms with E-state index in [-0.39, 0.29) is 11.4 Å². The van der Waals surface area contributed by atoms with Crippen LogP contribution in [0.25, 0.3) is 11.3 Å². The van der Waals surface area contributed by atoms with E-state index in [1.54, 1.807) is 18.3 Å². The molecule has 0 atom stereocenters. The van der Waals surface area contributed by atoms with E-state index in [9.17, 15) is 4.39 Å². The minimum absolute atomic E-state index is 0.0118. The van der Waals surface area contributed by atoms with Gasteiger partial charge < -0.3 is 9.84 Å². The van der Waals surface area contributed by atoms with Crippen molar-refractivity contribution in [3.63, 3.8) is 0 Å². The number of aromatic nitrogens is 1. The Morgan fingerprint density at radius 2 is 2.11 bits per heavy atom. The van der Waals surface area contributed by atoms with Crippen molar-refractivity contribution in [1.29, 1.82) is 0 Å². The van der Waals surface area contributed by atoms with Crippen molar-refractivity contribution in [3.05, 3.63) is 40.2 Å². The van der Waals surface area contributed by atoms with E-state index < -0.39 is 0 Å². The SMILES string of the molecule is CC(C)(C)NCc1cnoc1-c1ccc(F)c(Br)c1. The van der Waals surface area contributed by atoms with Crippen LogP contribution in [0.3, 0.4) is 0 Å². The monoisotopic (exact) mass is 326 g/mol. The molecule has 0 aliphatic heterocycles. The van der Waals surface area contributed by atoms with Crippen LogP contribution in [0.15, 0.2) is 33.4 Å². The second-order valence-corrected chi connectivity index (χ2v) is 6.27. The van der Waals surface area contributed by atoms with Gasteiger partial charge in [-0.1, -0.05) is 5.16 Å². The fourth-order valence-corrected chi connectivity index (χ4v) is 2.00. The van der Waals surface area contributed by atoms with Gasteiger partial charge in [-0.05, 0) is 54.9 Å². The van der Waals surface area contributed by atoms with Gasteiger partial charge in [-0.2, -0.15) is 0 Å². The first-order valence-electron chi connectivity index (χ1n) is 6.01. The highest BCUT2D eigenvalue weighted by Crippen LogP contribution is 2.28. The highest BCUT2D eigenvalue weighted by molar-refractivity contribution is 9.10. The Labute approximate surface area is 120 Å². The fraction of sp³-hybridized carbons (Fsp3) is 0.357. The summed E-state index contributed by atoms with van der Waals surface area (Å²) in [5, 5.41) is 7.20. The molecular formula is C14H16BrFN2O. The van der Waals surface area contributed by atoms with Crippen molar-refractivity contribution in [2.75, 3.05) is 0 Å². The van der Waals surface area contributed by atoms with Crippen LogP contribution in [-0.4, -0.2) is 10.7 Å². The van der Waals surface area contributed by atoms with Crippen LogP contribution in [0, 0.1) is 5.82 Å². The third kappa shape index (κ3) is 3.64. The lowest BCUT2D eigenvalue weighted by molar-refractivity contribution is 0.418. The summed E-state index contributed by atoms with van der Waals surface area (Å²) < 4.78 is 18.9. The maximum Gasteiger partial charge on any atom is 0.171 e. The molecular weight excluding hydrogens is 311 g/mol. The van der Waals surface area contributed by atoms with E-state index in [0.29, 0.717) is 16.8 Å². The molecule has 0 aliphatic carbocycles. The Morgan fingerprint density at radius 1 is 1.37 bits per heavy atom. The highest BCUT2D eigenvalue weighted by atomic mass is 79.9. The summed E-state index contributed by atoms with van der Waals surface area (Å²) in [4.78, 5) is 0. The van der Waals surface area contributed by atoms with E-state index in [0.717, 1.165) is 11.1 Å². The molecule has 0 amide bonds. The van der Waals surface area contributed by atoms with Crippen LogP contribution in [-0.2, 0) is 6.54 Å². The average Bonchev–Trinajstić information content (AvgIpc) is 2.77. The third-order valence-electron chi connectivity index (χ3n) is 2.64. The zero-order chi connectivity index (χ0) is 14.0. The molecule has 0 bridgehead atoms. The van der Waals surface area contributed by atoms with Gasteiger partial charge >= 0.3 is 0 Å². The van der Waals surface area contributed by atoms with Gasteiger partial charge in [0.15, 0.2) is 5.76 Å². The van der Waals surface area contributed by atoms with Gasteiger partial charge in [0.2, 0.25) is 0 Å². The molecule has 19 heavy (non-hydrogen) atoms. The summed E-state index contributed by atoms with van der Waals surface area (Å²) in [7, 11) is 0. The van der Waals surface area contributed by atoms with Gasteiger partial charge in [-0.15, -0.1) is 0 Å². The number of halogens is 2. The molecule has 2 aromatic rings. The van der Waals surface area contributed by atoms with Gasteiger partial charge in [0, 0.05) is 23.2 Å². The summed E-state index contributed by atoms with van der Waals surface area (Å²) in [6.07, 6.45) is 1.69. The molecule has 2 rings (SSSR count). The number of benzene rings is 1. The van der Waals surface area contributed by atoms with Gasteiger partial charge in [-0.25, -0.2) is 4.39 Å². The van der Waals surface area contributed by atoms with Crippen molar-refractivity contribution < 1.29 is 8.91 Å². The molecule has 0 spiro atoms. The number of hydrogen-bond donors (Lipinski definition) is 1. The number of rotatable bonds is 3. The molecule has 0 radical (unpaired) electrons. The molecule has 1 aromatic heterocycles. The van der Waals surface area contributed by atoms with Crippen LogP contribution in [0.4, 0.5) is 4.39 Å². The van der Waals surface area contributed by atoms with Crippen LogP contribution in [0.1, 0.15) is 26.3 Å².